The van der Waals surface area contributed by atoms with E-state index in [0.29, 0.717) is 18.7 Å². The minimum absolute atomic E-state index is 0.172. The van der Waals surface area contributed by atoms with Crippen molar-refractivity contribution in [3.63, 3.8) is 0 Å². The maximum atomic E-state index is 12.8. The van der Waals surface area contributed by atoms with Crippen LogP contribution in [0.15, 0.2) is 24.3 Å². The molecule has 1 aromatic carbocycles. The number of hydrogen-bond acceptors (Lipinski definition) is 3. The molecule has 1 fully saturated rings. The van der Waals surface area contributed by atoms with E-state index >= 15 is 0 Å². The molecule has 114 valence electrons. The van der Waals surface area contributed by atoms with Gasteiger partial charge < -0.3 is 9.80 Å². The molecule has 1 aromatic rings. The van der Waals surface area contributed by atoms with Crippen molar-refractivity contribution in [2.24, 2.45) is 0 Å². The van der Waals surface area contributed by atoms with Gasteiger partial charge in [0.1, 0.15) is 11.9 Å². The molecule has 2 N–H and O–H groups in total. The summed E-state index contributed by atoms with van der Waals surface area (Å²) in [5.74, 6) is -0.613. The quantitative estimate of drug-likeness (QED) is 0.829. The first-order chi connectivity index (χ1) is 9.99. The summed E-state index contributed by atoms with van der Waals surface area (Å²) in [7, 11) is 3.32. The van der Waals surface area contributed by atoms with Gasteiger partial charge in [-0.15, -0.1) is 0 Å². The van der Waals surface area contributed by atoms with Gasteiger partial charge in [0.25, 0.3) is 5.91 Å². The average molecular weight is 294 g/mol. The van der Waals surface area contributed by atoms with Crippen molar-refractivity contribution in [1.82, 2.24) is 15.2 Å². The van der Waals surface area contributed by atoms with Crippen LogP contribution >= 0.6 is 0 Å². The van der Waals surface area contributed by atoms with Crippen molar-refractivity contribution in [3.05, 3.63) is 30.1 Å². The Morgan fingerprint density at radius 3 is 2.57 bits per heavy atom. The Morgan fingerprint density at radius 2 is 1.95 bits per heavy atom. The van der Waals surface area contributed by atoms with Crippen molar-refractivity contribution >= 4 is 17.6 Å². The zero-order valence-electron chi connectivity index (χ0n) is 12.1. The van der Waals surface area contributed by atoms with E-state index in [4.69, 9.17) is 0 Å². The first-order valence-corrected chi connectivity index (χ1v) is 6.78. The fourth-order valence-electron chi connectivity index (χ4n) is 2.28. The van der Waals surface area contributed by atoms with E-state index in [0.717, 1.165) is 6.42 Å². The minimum Gasteiger partial charge on any atom is -0.331 e. The Bertz CT molecular complexity index is 518. The molecule has 1 aliphatic rings. The van der Waals surface area contributed by atoms with Crippen molar-refractivity contribution < 1.29 is 14.0 Å². The molecule has 6 nitrogen and oxygen atoms in total. The highest BCUT2D eigenvalue weighted by atomic mass is 19.1. The number of urea groups is 1. The van der Waals surface area contributed by atoms with Gasteiger partial charge in [0, 0.05) is 20.6 Å². The average Bonchev–Trinajstić information content (AvgIpc) is 2.94. The Kier molecular flexibility index (Phi) is 4.62. The summed E-state index contributed by atoms with van der Waals surface area (Å²) in [4.78, 5) is 27.2. The number of anilines is 1. The molecule has 2 rings (SSSR count). The smallest absolute Gasteiger partial charge is 0.320 e. The fourth-order valence-corrected chi connectivity index (χ4v) is 2.28. The van der Waals surface area contributed by atoms with Gasteiger partial charge in [0.15, 0.2) is 0 Å². The molecule has 0 bridgehead atoms. The lowest BCUT2D eigenvalue weighted by Crippen LogP contribution is -2.50. The van der Waals surface area contributed by atoms with Gasteiger partial charge in [-0.25, -0.2) is 9.18 Å². The number of hydrogen-bond donors (Lipinski definition) is 2. The van der Waals surface area contributed by atoms with Crippen LogP contribution in [0.5, 0.6) is 0 Å². The van der Waals surface area contributed by atoms with Crippen LogP contribution in [-0.4, -0.2) is 48.4 Å². The topological polar surface area (TPSA) is 64.7 Å². The summed E-state index contributed by atoms with van der Waals surface area (Å²) in [6, 6.07) is 4.99. The highest BCUT2D eigenvalue weighted by molar-refractivity contribution is 5.88. The number of amides is 3. The molecule has 3 amide bonds. The molecule has 1 aliphatic heterocycles. The third-order valence-electron chi connectivity index (χ3n) is 3.36. The van der Waals surface area contributed by atoms with Crippen molar-refractivity contribution in [2.75, 3.05) is 26.1 Å². The first-order valence-electron chi connectivity index (χ1n) is 6.78. The lowest BCUT2D eigenvalue weighted by Gasteiger charge is -2.27. The summed E-state index contributed by atoms with van der Waals surface area (Å²) in [5.41, 5.74) is 5.86. The Hall–Kier alpha value is -2.31. The Labute approximate surface area is 122 Å². The number of rotatable bonds is 3. The Morgan fingerprint density at radius 1 is 1.29 bits per heavy atom. The van der Waals surface area contributed by atoms with Crippen molar-refractivity contribution in [2.45, 2.75) is 18.9 Å². The molecular weight excluding hydrogens is 275 g/mol. The maximum absolute atomic E-state index is 12.8. The number of carbonyl (C=O) groups is 2. The largest absolute Gasteiger partial charge is 0.331 e. The number of hydrazine groups is 1. The monoisotopic (exact) mass is 294 g/mol. The molecule has 1 unspecified atom stereocenters. The lowest BCUT2D eigenvalue weighted by molar-refractivity contribution is -0.124. The van der Waals surface area contributed by atoms with Crippen molar-refractivity contribution in [1.29, 1.82) is 0 Å². The summed E-state index contributed by atoms with van der Waals surface area (Å²) in [6.45, 7) is 0.575. The maximum Gasteiger partial charge on any atom is 0.320 e. The van der Waals surface area contributed by atoms with Gasteiger partial charge in [-0.2, -0.15) is 0 Å². The third-order valence-corrected chi connectivity index (χ3v) is 3.36. The van der Waals surface area contributed by atoms with Crippen LogP contribution in [0.25, 0.3) is 0 Å². The molecule has 21 heavy (non-hydrogen) atoms. The van der Waals surface area contributed by atoms with Crippen LogP contribution in [0, 0.1) is 5.82 Å². The highest BCUT2D eigenvalue weighted by Gasteiger charge is 2.34. The predicted molar refractivity (Wildman–Crippen MR) is 77.0 cm³/mol. The van der Waals surface area contributed by atoms with Crippen LogP contribution in [-0.2, 0) is 4.79 Å². The molecule has 0 aliphatic carbocycles. The molecule has 1 atom stereocenters. The minimum atomic E-state index is -0.479. The van der Waals surface area contributed by atoms with Crippen LogP contribution in [0.3, 0.4) is 0 Å². The standard InChI is InChI=1S/C14H19FN4O2/c1-18(2)14(21)19-9-3-4-12(19)13(20)17-16-11-7-5-10(15)6-8-11/h5-8,12,16H,3-4,9H2,1-2H3,(H,17,20). The van der Waals surface area contributed by atoms with Gasteiger partial charge in [-0.3, -0.25) is 15.6 Å². The number of likely N-dealkylation sites (tertiary alicyclic amines) is 1. The van der Waals surface area contributed by atoms with E-state index in [1.807, 2.05) is 0 Å². The van der Waals surface area contributed by atoms with E-state index in [2.05, 4.69) is 10.9 Å². The Balaban J connectivity index is 1.93. The van der Waals surface area contributed by atoms with Crippen LogP contribution < -0.4 is 10.9 Å². The fraction of sp³-hybridized carbons (Fsp3) is 0.429. The zero-order valence-corrected chi connectivity index (χ0v) is 12.1. The number of benzene rings is 1. The van der Waals surface area contributed by atoms with Gasteiger partial charge in [0.05, 0.1) is 5.69 Å². The summed E-state index contributed by atoms with van der Waals surface area (Å²) >= 11 is 0. The van der Waals surface area contributed by atoms with E-state index in [1.54, 1.807) is 19.0 Å². The number of nitrogens with one attached hydrogen (secondary N) is 2. The molecule has 0 saturated carbocycles. The number of halogens is 1. The molecule has 0 spiro atoms. The molecule has 0 aromatic heterocycles. The predicted octanol–water partition coefficient (Wildman–Crippen LogP) is 1.41. The zero-order chi connectivity index (χ0) is 15.4. The second-order valence-corrected chi connectivity index (χ2v) is 5.15. The summed E-state index contributed by atoms with van der Waals surface area (Å²) in [6.07, 6.45) is 1.44. The van der Waals surface area contributed by atoms with Gasteiger partial charge in [0.2, 0.25) is 0 Å². The van der Waals surface area contributed by atoms with Crippen molar-refractivity contribution in [3.8, 4) is 0 Å². The summed E-state index contributed by atoms with van der Waals surface area (Å²) in [5, 5.41) is 0. The van der Waals surface area contributed by atoms with E-state index < -0.39 is 6.04 Å². The van der Waals surface area contributed by atoms with Gasteiger partial charge >= 0.3 is 6.03 Å². The van der Waals surface area contributed by atoms with Crippen LogP contribution in [0.2, 0.25) is 0 Å². The second kappa shape index (κ2) is 6.43. The van der Waals surface area contributed by atoms with E-state index in [1.165, 1.54) is 29.2 Å². The normalized spacial score (nSPS) is 17.5. The second-order valence-electron chi connectivity index (χ2n) is 5.15. The molecule has 0 radical (unpaired) electrons. The number of carbonyl (C=O) groups excluding carboxylic acids is 2. The van der Waals surface area contributed by atoms with E-state index in [9.17, 15) is 14.0 Å². The summed E-state index contributed by atoms with van der Waals surface area (Å²) < 4.78 is 12.8. The molecule has 1 saturated heterocycles. The van der Waals surface area contributed by atoms with Crippen LogP contribution in [0.4, 0.5) is 14.9 Å². The van der Waals surface area contributed by atoms with Crippen LogP contribution in [0.1, 0.15) is 12.8 Å². The molecular formula is C14H19FN4O2. The number of nitrogens with zero attached hydrogens (tertiary/aromatic N) is 2. The third kappa shape index (κ3) is 3.62. The SMILES string of the molecule is CN(C)C(=O)N1CCCC1C(=O)NNc1ccc(F)cc1. The first kappa shape index (κ1) is 15.1. The van der Waals surface area contributed by atoms with Gasteiger partial charge in [-0.1, -0.05) is 0 Å². The van der Waals surface area contributed by atoms with E-state index in [-0.39, 0.29) is 17.8 Å². The lowest BCUT2D eigenvalue weighted by atomic mass is 10.2. The highest BCUT2D eigenvalue weighted by Crippen LogP contribution is 2.18. The molecule has 7 heteroatoms. The molecule has 1 heterocycles. The van der Waals surface area contributed by atoms with Gasteiger partial charge in [-0.05, 0) is 37.1 Å².